The highest BCUT2D eigenvalue weighted by atomic mass is 35.5. The van der Waals surface area contributed by atoms with Crippen LogP contribution in [0, 0.1) is 0 Å². The van der Waals surface area contributed by atoms with Crippen LogP contribution >= 0.6 is 12.4 Å². The first-order valence-electron chi connectivity index (χ1n) is 7.41. The first-order chi connectivity index (χ1) is 11.1. The van der Waals surface area contributed by atoms with Crippen molar-refractivity contribution in [1.29, 1.82) is 0 Å². The minimum Gasteiger partial charge on any atom is -0.398 e. The van der Waals surface area contributed by atoms with Crippen molar-refractivity contribution in [1.82, 2.24) is 4.31 Å². The molecule has 0 aromatic heterocycles. The molecule has 1 aliphatic rings. The van der Waals surface area contributed by atoms with E-state index in [9.17, 15) is 8.42 Å². The van der Waals surface area contributed by atoms with Gasteiger partial charge >= 0.3 is 0 Å². The predicted octanol–water partition coefficient (Wildman–Crippen LogP) is 3.55. The third-order valence-corrected chi connectivity index (χ3v) is 6.20. The second-order valence-electron chi connectivity index (χ2n) is 5.74. The van der Waals surface area contributed by atoms with Gasteiger partial charge < -0.3 is 5.73 Å². The number of hydrogen-bond donors (Lipinski definition) is 1. The number of halogens is 1. The summed E-state index contributed by atoms with van der Waals surface area (Å²) in [7, 11) is -3.57. The number of nitrogens with two attached hydrogens (primary N) is 1. The summed E-state index contributed by atoms with van der Waals surface area (Å²) in [5.41, 5.74) is 8.70. The highest BCUT2D eigenvalue weighted by Gasteiger charge is 2.31. The van der Waals surface area contributed by atoms with Crippen LogP contribution in [0.2, 0.25) is 0 Å². The smallest absolute Gasteiger partial charge is 0.244 e. The molecule has 6 heteroatoms. The van der Waals surface area contributed by atoms with Gasteiger partial charge in [0.05, 0.1) is 4.90 Å². The first kappa shape index (κ1) is 16.8. The molecule has 1 aliphatic heterocycles. The van der Waals surface area contributed by atoms with E-state index < -0.39 is 10.0 Å². The Kier molecular flexibility index (Phi) is 4.25. The maximum atomic E-state index is 13.1. The largest absolute Gasteiger partial charge is 0.398 e. The maximum absolute atomic E-state index is 13.1. The van der Waals surface area contributed by atoms with Crippen molar-refractivity contribution in [2.45, 2.75) is 18.0 Å². The number of fused-ring (bicyclic) bond motifs is 2. The summed E-state index contributed by atoms with van der Waals surface area (Å²) in [6.45, 7) is 0.828. The van der Waals surface area contributed by atoms with Crippen LogP contribution in [-0.2, 0) is 23.1 Å². The van der Waals surface area contributed by atoms with Crippen molar-refractivity contribution in [3.05, 3.63) is 71.8 Å². The van der Waals surface area contributed by atoms with E-state index in [1.54, 1.807) is 24.3 Å². The van der Waals surface area contributed by atoms with E-state index in [4.69, 9.17) is 5.73 Å². The van der Waals surface area contributed by atoms with Gasteiger partial charge in [-0.3, -0.25) is 0 Å². The Morgan fingerprint density at radius 1 is 0.792 bits per heavy atom. The van der Waals surface area contributed by atoms with Gasteiger partial charge in [0.15, 0.2) is 0 Å². The molecule has 0 saturated heterocycles. The normalized spacial score (nSPS) is 14.3. The molecule has 4 rings (SSSR count). The average molecular weight is 361 g/mol. The average Bonchev–Trinajstić information content (AvgIpc) is 3.00. The number of rotatable bonds is 2. The lowest BCUT2D eigenvalue weighted by Gasteiger charge is -2.17. The number of benzene rings is 3. The maximum Gasteiger partial charge on any atom is 0.244 e. The van der Waals surface area contributed by atoms with Crippen LogP contribution in [0.5, 0.6) is 0 Å². The molecule has 3 aromatic carbocycles. The molecule has 0 unspecified atom stereocenters. The summed E-state index contributed by atoms with van der Waals surface area (Å²) in [5.74, 6) is 0. The van der Waals surface area contributed by atoms with Gasteiger partial charge in [-0.2, -0.15) is 4.31 Å². The van der Waals surface area contributed by atoms with Crippen molar-refractivity contribution in [3.8, 4) is 0 Å². The molecular formula is C18H17ClN2O2S. The topological polar surface area (TPSA) is 63.4 Å². The summed E-state index contributed by atoms with van der Waals surface area (Å²) in [4.78, 5) is 0.315. The third kappa shape index (κ3) is 2.55. The second kappa shape index (κ2) is 6.09. The number of nitrogens with zero attached hydrogens (tertiary/aromatic N) is 1. The summed E-state index contributed by atoms with van der Waals surface area (Å²) in [6, 6.07) is 18.5. The molecule has 0 atom stereocenters. The summed E-state index contributed by atoms with van der Waals surface area (Å²) in [6.07, 6.45) is 0. The van der Waals surface area contributed by atoms with E-state index in [2.05, 4.69) is 0 Å². The van der Waals surface area contributed by atoms with Crippen molar-refractivity contribution in [2.24, 2.45) is 0 Å². The van der Waals surface area contributed by atoms with Crippen LogP contribution in [0.1, 0.15) is 11.1 Å². The van der Waals surface area contributed by atoms with E-state index in [1.165, 1.54) is 4.31 Å². The molecule has 2 N–H and O–H groups in total. The van der Waals surface area contributed by atoms with E-state index in [0.717, 1.165) is 16.5 Å². The van der Waals surface area contributed by atoms with E-state index in [-0.39, 0.29) is 12.4 Å². The Morgan fingerprint density at radius 3 is 2.04 bits per heavy atom. The van der Waals surface area contributed by atoms with Gasteiger partial charge in [-0.1, -0.05) is 48.5 Å². The first-order valence-corrected chi connectivity index (χ1v) is 8.85. The molecule has 0 aliphatic carbocycles. The number of sulfonamides is 1. The van der Waals surface area contributed by atoms with Crippen LogP contribution in [0.4, 0.5) is 5.69 Å². The summed E-state index contributed by atoms with van der Waals surface area (Å²) < 4.78 is 27.8. The molecule has 124 valence electrons. The number of nitrogen functional groups attached to an aromatic ring is 1. The zero-order valence-corrected chi connectivity index (χ0v) is 14.5. The molecule has 0 bridgehead atoms. The van der Waals surface area contributed by atoms with Crippen LogP contribution in [0.15, 0.2) is 65.6 Å². The minimum absolute atomic E-state index is 0. The fourth-order valence-electron chi connectivity index (χ4n) is 3.14. The fraction of sp³-hybridized carbons (Fsp3) is 0.111. The van der Waals surface area contributed by atoms with Gasteiger partial charge in [0, 0.05) is 29.5 Å². The molecule has 3 aromatic rings. The quantitative estimate of drug-likeness (QED) is 0.711. The van der Waals surface area contributed by atoms with Crippen LogP contribution in [0.3, 0.4) is 0 Å². The van der Waals surface area contributed by atoms with Gasteiger partial charge in [-0.25, -0.2) is 8.42 Å². The third-order valence-electron chi connectivity index (χ3n) is 4.35. The highest BCUT2D eigenvalue weighted by molar-refractivity contribution is 7.89. The van der Waals surface area contributed by atoms with E-state index in [1.807, 2.05) is 36.4 Å². The van der Waals surface area contributed by atoms with Gasteiger partial charge in [0.1, 0.15) is 0 Å². The van der Waals surface area contributed by atoms with Gasteiger partial charge in [-0.05, 0) is 23.3 Å². The zero-order valence-electron chi connectivity index (χ0n) is 12.8. The number of hydrogen-bond acceptors (Lipinski definition) is 3. The van der Waals surface area contributed by atoms with Crippen molar-refractivity contribution in [3.63, 3.8) is 0 Å². The molecule has 0 spiro atoms. The van der Waals surface area contributed by atoms with Gasteiger partial charge in [-0.15, -0.1) is 12.4 Å². The Bertz CT molecular complexity index is 993. The minimum atomic E-state index is -3.57. The molecule has 0 radical (unpaired) electrons. The molecule has 0 saturated carbocycles. The van der Waals surface area contributed by atoms with Gasteiger partial charge in [0.25, 0.3) is 0 Å². The van der Waals surface area contributed by atoms with Crippen molar-refractivity contribution < 1.29 is 8.42 Å². The second-order valence-corrected chi connectivity index (χ2v) is 7.65. The van der Waals surface area contributed by atoms with Crippen molar-refractivity contribution in [2.75, 3.05) is 5.73 Å². The number of anilines is 1. The molecule has 1 heterocycles. The van der Waals surface area contributed by atoms with Gasteiger partial charge in [0.2, 0.25) is 10.0 Å². The Labute approximate surface area is 147 Å². The lowest BCUT2D eigenvalue weighted by molar-refractivity contribution is 0.432. The standard InChI is InChI=1S/C18H16N2O2S.ClH/c19-17-9-3-8-16-15(17)7-4-10-18(16)23(21,22)20-11-13-5-1-2-6-14(13)12-20;/h1-10H,11-12,19H2;1H. The zero-order chi connectivity index (χ0) is 16.0. The Balaban J connectivity index is 0.00000169. The van der Waals surface area contributed by atoms with E-state index >= 15 is 0 Å². The fourth-order valence-corrected chi connectivity index (χ4v) is 4.74. The highest BCUT2D eigenvalue weighted by Crippen LogP contribution is 2.33. The molecule has 0 fully saturated rings. The molecule has 24 heavy (non-hydrogen) atoms. The van der Waals surface area contributed by atoms with Crippen molar-refractivity contribution >= 4 is 38.9 Å². The summed E-state index contributed by atoms with van der Waals surface area (Å²) >= 11 is 0. The van der Waals surface area contributed by atoms with Crippen LogP contribution in [-0.4, -0.2) is 12.7 Å². The lowest BCUT2D eigenvalue weighted by Crippen LogP contribution is -2.25. The predicted molar refractivity (Wildman–Crippen MR) is 98.5 cm³/mol. The molecular weight excluding hydrogens is 344 g/mol. The lowest BCUT2D eigenvalue weighted by atomic mass is 10.1. The monoisotopic (exact) mass is 360 g/mol. The Hall–Kier alpha value is -2.08. The summed E-state index contributed by atoms with van der Waals surface area (Å²) in [5, 5.41) is 1.44. The Morgan fingerprint density at radius 2 is 1.38 bits per heavy atom. The molecule has 4 nitrogen and oxygen atoms in total. The van der Waals surface area contributed by atoms with E-state index in [0.29, 0.717) is 29.1 Å². The molecule has 0 amide bonds. The van der Waals surface area contributed by atoms with Crippen LogP contribution in [0.25, 0.3) is 10.8 Å². The SMILES string of the molecule is Cl.Nc1cccc2c(S(=O)(=O)N3Cc4ccccc4C3)cccc12. The van der Waals surface area contributed by atoms with Crippen LogP contribution < -0.4 is 5.73 Å².